The lowest BCUT2D eigenvalue weighted by molar-refractivity contribution is -0.119. The van der Waals surface area contributed by atoms with Crippen LogP contribution in [0.3, 0.4) is 0 Å². The van der Waals surface area contributed by atoms with Crippen LogP contribution in [0.1, 0.15) is 17.5 Å². The number of allylic oxidation sites excluding steroid dienone is 1. The van der Waals surface area contributed by atoms with E-state index in [1.54, 1.807) is 54.6 Å². The van der Waals surface area contributed by atoms with Crippen LogP contribution in [0.25, 0.3) is 6.08 Å². The summed E-state index contributed by atoms with van der Waals surface area (Å²) in [4.78, 5) is 23.4. The molecule has 1 N–H and O–H groups in total. The molecule has 0 atom stereocenters. The van der Waals surface area contributed by atoms with Crippen molar-refractivity contribution in [2.45, 2.75) is 6.42 Å². The zero-order valence-corrected chi connectivity index (χ0v) is 15.1. The third-order valence-corrected chi connectivity index (χ3v) is 4.93. The summed E-state index contributed by atoms with van der Waals surface area (Å²) in [6, 6.07) is 14.1. The number of rotatable bonds is 5. The molecule has 132 valence electrons. The number of halogens is 1. The smallest absolute Gasteiger partial charge is 0.201 e. The first-order valence-corrected chi connectivity index (χ1v) is 8.90. The normalized spacial score (nSPS) is 16.3. The lowest BCUT2D eigenvalue weighted by Crippen LogP contribution is -2.13. The number of ketones is 1. The zero-order valence-electron chi connectivity index (χ0n) is 13.5. The fourth-order valence-electron chi connectivity index (χ4n) is 2.36. The van der Waals surface area contributed by atoms with Crippen LogP contribution in [0, 0.1) is 0 Å². The van der Waals surface area contributed by atoms with Crippen LogP contribution in [-0.2, 0) is 9.59 Å². The number of benzene rings is 2. The highest BCUT2D eigenvalue weighted by molar-refractivity contribution is 8.18. The van der Waals surface area contributed by atoms with Crippen molar-refractivity contribution in [1.82, 2.24) is 0 Å². The highest BCUT2D eigenvalue weighted by atomic mass is 35.5. The van der Waals surface area contributed by atoms with E-state index in [0.29, 0.717) is 27.0 Å². The Bertz CT molecular complexity index is 906. The molecule has 0 bridgehead atoms. The molecule has 2 aromatic rings. The molecular weight excluding hydrogens is 374 g/mol. The lowest BCUT2D eigenvalue weighted by Gasteiger charge is -2.09. The topological polar surface area (TPSA) is 76.0 Å². The van der Waals surface area contributed by atoms with E-state index < -0.39 is 0 Å². The zero-order chi connectivity index (χ0) is 18.5. The summed E-state index contributed by atoms with van der Waals surface area (Å²) in [5.41, 5.74) is 1.71. The number of carbonyl (C=O) groups excluding carboxylic acids is 2. The maximum atomic E-state index is 11.6. The van der Waals surface area contributed by atoms with E-state index in [9.17, 15) is 14.8 Å². The fraction of sp³-hybridized carbons (Fsp3) is 0.105. The van der Waals surface area contributed by atoms with Crippen LogP contribution >= 0.6 is 23.4 Å². The molecule has 1 aliphatic rings. The van der Waals surface area contributed by atoms with E-state index >= 15 is 0 Å². The van der Waals surface area contributed by atoms with Crippen molar-refractivity contribution in [3.05, 3.63) is 69.6 Å². The molecule has 0 aliphatic carbocycles. The van der Waals surface area contributed by atoms with Crippen molar-refractivity contribution < 1.29 is 19.5 Å². The molecule has 0 unspecified atom stereocenters. The molecule has 0 amide bonds. The quantitative estimate of drug-likeness (QED) is 0.274. The number of thioether (sulfide) groups is 1. The van der Waals surface area contributed by atoms with Crippen LogP contribution in [-0.4, -0.2) is 28.4 Å². The van der Waals surface area contributed by atoms with Crippen LogP contribution in [0.5, 0.6) is 5.75 Å². The summed E-state index contributed by atoms with van der Waals surface area (Å²) >= 11 is 7.07. The Labute approximate surface area is 159 Å². The van der Waals surface area contributed by atoms with Gasteiger partial charge in [0, 0.05) is 10.6 Å². The Balaban J connectivity index is 1.66. The highest BCUT2D eigenvalue weighted by Gasteiger charge is 2.25. The molecule has 5 nitrogen and oxygen atoms in total. The minimum atomic E-state index is -0.149. The van der Waals surface area contributed by atoms with Gasteiger partial charge in [0.15, 0.2) is 5.78 Å². The second-order valence-corrected chi connectivity index (χ2v) is 6.97. The Hall–Kier alpha value is -2.57. The van der Waals surface area contributed by atoms with Gasteiger partial charge in [-0.1, -0.05) is 47.1 Å². The van der Waals surface area contributed by atoms with Gasteiger partial charge in [0.25, 0.3) is 0 Å². The van der Waals surface area contributed by atoms with Gasteiger partial charge in [-0.05, 0) is 41.6 Å². The summed E-state index contributed by atoms with van der Waals surface area (Å²) < 4.78 is 5.64. The van der Waals surface area contributed by atoms with Crippen molar-refractivity contribution in [2.75, 3.05) is 6.61 Å². The first-order chi connectivity index (χ1) is 12.6. The second kappa shape index (κ2) is 8.21. The number of hydrogen-bond acceptors (Lipinski definition) is 6. The Kier molecular flexibility index (Phi) is 5.75. The summed E-state index contributed by atoms with van der Waals surface area (Å²) in [7, 11) is 0. The lowest BCUT2D eigenvalue weighted by atomic mass is 10.1. The van der Waals surface area contributed by atoms with Crippen molar-refractivity contribution in [2.24, 2.45) is 5.16 Å². The molecule has 3 rings (SSSR count). The maximum absolute atomic E-state index is 11.6. The maximum Gasteiger partial charge on any atom is 0.201 e. The minimum Gasteiger partial charge on any atom is -0.487 e. The number of hydrogen-bond donors (Lipinski definition) is 1. The Morgan fingerprint density at radius 2 is 1.92 bits per heavy atom. The predicted octanol–water partition coefficient (Wildman–Crippen LogP) is 4.17. The van der Waals surface area contributed by atoms with Gasteiger partial charge in [0.05, 0.1) is 11.3 Å². The van der Waals surface area contributed by atoms with Gasteiger partial charge in [-0.15, -0.1) is 0 Å². The first-order valence-electron chi connectivity index (χ1n) is 7.71. The molecule has 1 heterocycles. The van der Waals surface area contributed by atoms with Gasteiger partial charge in [0.2, 0.25) is 5.12 Å². The average Bonchev–Trinajstić information content (AvgIpc) is 2.95. The molecule has 0 spiro atoms. The van der Waals surface area contributed by atoms with Crippen LogP contribution in [0.2, 0.25) is 5.02 Å². The van der Waals surface area contributed by atoms with Crippen LogP contribution < -0.4 is 4.74 Å². The molecule has 0 aromatic heterocycles. The SMILES string of the molecule is O=C1CC(=O)/C(=C/c2ccc(OCC(=NO)c3ccccc3Cl)cc2)S1. The van der Waals surface area contributed by atoms with E-state index in [0.717, 1.165) is 17.3 Å². The number of ether oxygens (including phenoxy) is 1. The molecule has 1 fully saturated rings. The van der Waals surface area contributed by atoms with Crippen LogP contribution in [0.4, 0.5) is 0 Å². The molecule has 1 aliphatic heterocycles. The van der Waals surface area contributed by atoms with Crippen molar-refractivity contribution in [3.63, 3.8) is 0 Å². The molecule has 2 aromatic carbocycles. The number of carbonyl (C=O) groups is 2. The highest BCUT2D eigenvalue weighted by Crippen LogP contribution is 2.30. The van der Waals surface area contributed by atoms with Gasteiger partial charge >= 0.3 is 0 Å². The van der Waals surface area contributed by atoms with E-state index in [1.165, 1.54) is 0 Å². The molecule has 1 saturated heterocycles. The number of oxime groups is 1. The summed E-state index contributed by atoms with van der Waals surface area (Å²) in [5.74, 6) is 0.422. The standard InChI is InChI=1S/C19H14ClNO4S/c20-15-4-2-1-3-14(15)16(21-24)11-25-13-7-5-12(6-8-13)9-18-17(22)10-19(23)26-18/h1-9,24H,10-11H2/b18-9-,21-16?. The number of nitrogens with zero attached hydrogens (tertiary/aromatic N) is 1. The third-order valence-electron chi connectivity index (χ3n) is 3.66. The summed E-state index contributed by atoms with van der Waals surface area (Å²) in [6.07, 6.45) is 1.65. The van der Waals surface area contributed by atoms with Crippen molar-refractivity contribution >= 4 is 46.0 Å². The summed E-state index contributed by atoms with van der Waals surface area (Å²) in [6.45, 7) is 0.0451. The van der Waals surface area contributed by atoms with E-state index in [1.807, 2.05) is 0 Å². The first kappa shape index (κ1) is 18.2. The Morgan fingerprint density at radius 3 is 2.54 bits per heavy atom. The number of Topliss-reactive ketones (excluding diaryl/α,β-unsaturated/α-hetero) is 1. The molecule has 0 saturated carbocycles. The van der Waals surface area contributed by atoms with Gasteiger partial charge in [-0.2, -0.15) is 0 Å². The van der Waals surface area contributed by atoms with Gasteiger partial charge in [-0.25, -0.2) is 0 Å². The fourth-order valence-corrected chi connectivity index (χ4v) is 3.44. The third kappa shape index (κ3) is 4.33. The van der Waals surface area contributed by atoms with Gasteiger partial charge < -0.3 is 9.94 Å². The van der Waals surface area contributed by atoms with E-state index in [4.69, 9.17) is 16.3 Å². The second-order valence-electron chi connectivity index (χ2n) is 5.47. The minimum absolute atomic E-state index is 0.0387. The molecule has 0 radical (unpaired) electrons. The van der Waals surface area contributed by atoms with Crippen molar-refractivity contribution in [3.8, 4) is 5.75 Å². The molecule has 26 heavy (non-hydrogen) atoms. The van der Waals surface area contributed by atoms with E-state index in [2.05, 4.69) is 5.16 Å². The van der Waals surface area contributed by atoms with Gasteiger partial charge in [-0.3, -0.25) is 9.59 Å². The predicted molar refractivity (Wildman–Crippen MR) is 102 cm³/mol. The Morgan fingerprint density at radius 1 is 1.19 bits per heavy atom. The molecule has 7 heteroatoms. The average molecular weight is 388 g/mol. The van der Waals surface area contributed by atoms with Crippen LogP contribution in [0.15, 0.2) is 58.6 Å². The van der Waals surface area contributed by atoms with E-state index in [-0.39, 0.29) is 23.9 Å². The molecular formula is C19H14ClNO4S. The summed E-state index contributed by atoms with van der Waals surface area (Å²) in [5, 5.41) is 12.8. The monoisotopic (exact) mass is 387 g/mol. The van der Waals surface area contributed by atoms with Crippen molar-refractivity contribution in [1.29, 1.82) is 0 Å². The largest absolute Gasteiger partial charge is 0.487 e. The van der Waals surface area contributed by atoms with Gasteiger partial charge in [0.1, 0.15) is 18.1 Å².